The second kappa shape index (κ2) is 4.05. The summed E-state index contributed by atoms with van der Waals surface area (Å²) in [5.74, 6) is 0.947. The van der Waals surface area contributed by atoms with E-state index < -0.39 is 0 Å². The first-order valence-electron chi connectivity index (χ1n) is 5.48. The maximum atomic E-state index is 5.20. The first-order chi connectivity index (χ1) is 7.22. The van der Waals surface area contributed by atoms with Gasteiger partial charge in [0.25, 0.3) is 0 Å². The van der Waals surface area contributed by atoms with Crippen molar-refractivity contribution in [2.75, 3.05) is 0 Å². The predicted octanol–water partition coefficient (Wildman–Crippen LogP) is 3.81. The first kappa shape index (κ1) is 10.2. The van der Waals surface area contributed by atoms with Crippen LogP contribution in [0.1, 0.15) is 43.2 Å². The quantitative estimate of drug-likeness (QED) is 0.649. The van der Waals surface area contributed by atoms with Crippen molar-refractivity contribution in [3.63, 3.8) is 0 Å². The van der Waals surface area contributed by atoms with Crippen molar-refractivity contribution in [1.29, 1.82) is 0 Å². The molecule has 1 aromatic rings. The summed E-state index contributed by atoms with van der Waals surface area (Å²) in [7, 11) is 0. The molecule has 0 aromatic carbocycles. The molecule has 1 heterocycles. The van der Waals surface area contributed by atoms with E-state index in [1.807, 2.05) is 13.8 Å². The van der Waals surface area contributed by atoms with Crippen molar-refractivity contribution < 1.29 is 4.52 Å². The molecule has 0 aliphatic heterocycles. The molecule has 2 rings (SSSR count). The van der Waals surface area contributed by atoms with E-state index in [1.165, 1.54) is 23.1 Å². The van der Waals surface area contributed by atoms with Crippen molar-refractivity contribution in [2.45, 2.75) is 40.0 Å². The molecule has 0 saturated carbocycles. The Kier molecular flexibility index (Phi) is 2.76. The van der Waals surface area contributed by atoms with E-state index in [1.54, 1.807) is 0 Å². The second-order valence-electron chi connectivity index (χ2n) is 4.08. The maximum absolute atomic E-state index is 5.20. The summed E-state index contributed by atoms with van der Waals surface area (Å²) in [5, 5.41) is 4.00. The third-order valence-electron chi connectivity index (χ3n) is 3.09. The van der Waals surface area contributed by atoms with Gasteiger partial charge in [0.2, 0.25) is 0 Å². The van der Waals surface area contributed by atoms with E-state index in [4.69, 9.17) is 4.52 Å². The summed E-state index contributed by atoms with van der Waals surface area (Å²) in [6, 6.07) is 0. The van der Waals surface area contributed by atoms with Gasteiger partial charge in [0.1, 0.15) is 5.76 Å². The van der Waals surface area contributed by atoms with Gasteiger partial charge in [-0.2, -0.15) is 0 Å². The Morgan fingerprint density at radius 2 is 2.13 bits per heavy atom. The third kappa shape index (κ3) is 1.89. The highest BCUT2D eigenvalue weighted by atomic mass is 16.5. The van der Waals surface area contributed by atoms with Crippen molar-refractivity contribution in [3.8, 4) is 0 Å². The summed E-state index contributed by atoms with van der Waals surface area (Å²) >= 11 is 0. The minimum Gasteiger partial charge on any atom is -0.361 e. The van der Waals surface area contributed by atoms with Gasteiger partial charge in [-0.15, -0.1) is 0 Å². The Balaban J connectivity index is 2.30. The summed E-state index contributed by atoms with van der Waals surface area (Å²) in [6.45, 7) is 6.11. The number of rotatable bonds is 1. The highest BCUT2D eigenvalue weighted by Crippen LogP contribution is 2.32. The number of hydrogen-bond donors (Lipinski definition) is 0. The third-order valence-corrected chi connectivity index (χ3v) is 3.09. The van der Waals surface area contributed by atoms with Crippen LogP contribution in [0.3, 0.4) is 0 Å². The molecule has 0 N–H and O–H groups in total. The van der Waals surface area contributed by atoms with Crippen molar-refractivity contribution in [2.24, 2.45) is 0 Å². The lowest BCUT2D eigenvalue weighted by Crippen LogP contribution is -1.96. The zero-order valence-corrected chi connectivity index (χ0v) is 9.63. The van der Waals surface area contributed by atoms with E-state index >= 15 is 0 Å². The van der Waals surface area contributed by atoms with Crippen LogP contribution >= 0.6 is 0 Å². The number of hydrogen-bond acceptors (Lipinski definition) is 2. The molecule has 0 saturated heterocycles. The van der Waals surface area contributed by atoms with Crippen LogP contribution in [0.15, 0.2) is 22.2 Å². The fourth-order valence-corrected chi connectivity index (χ4v) is 2.18. The fourth-order valence-electron chi connectivity index (χ4n) is 2.18. The van der Waals surface area contributed by atoms with Gasteiger partial charge in [-0.3, -0.25) is 0 Å². The largest absolute Gasteiger partial charge is 0.361 e. The first-order valence-corrected chi connectivity index (χ1v) is 5.48. The lowest BCUT2D eigenvalue weighted by molar-refractivity contribution is 0.393. The molecule has 0 atom stereocenters. The van der Waals surface area contributed by atoms with Crippen LogP contribution in [0.4, 0.5) is 0 Å². The molecule has 2 nitrogen and oxygen atoms in total. The molecule has 0 bridgehead atoms. The van der Waals surface area contributed by atoms with Gasteiger partial charge in [0, 0.05) is 5.56 Å². The maximum Gasteiger partial charge on any atom is 0.141 e. The van der Waals surface area contributed by atoms with Gasteiger partial charge in [-0.25, -0.2) is 0 Å². The molecule has 2 heteroatoms. The Bertz CT molecular complexity index is 404. The monoisotopic (exact) mass is 203 g/mol. The number of aryl methyl sites for hydroxylation is 2. The molecular weight excluding hydrogens is 186 g/mol. The smallest absolute Gasteiger partial charge is 0.141 e. The zero-order chi connectivity index (χ0) is 10.8. The molecule has 1 aromatic heterocycles. The SMILES string of the molecule is CC=C1CC=C(c2c(C)noc2C)CC1. The molecule has 15 heavy (non-hydrogen) atoms. The highest BCUT2D eigenvalue weighted by molar-refractivity contribution is 5.70. The van der Waals surface area contributed by atoms with Crippen molar-refractivity contribution in [3.05, 3.63) is 34.7 Å². The second-order valence-corrected chi connectivity index (χ2v) is 4.08. The highest BCUT2D eigenvalue weighted by Gasteiger charge is 2.16. The summed E-state index contributed by atoms with van der Waals surface area (Å²) in [4.78, 5) is 0. The molecule has 0 unspecified atom stereocenters. The molecule has 0 amide bonds. The molecule has 0 radical (unpaired) electrons. The Morgan fingerprint density at radius 3 is 2.60 bits per heavy atom. The number of nitrogens with zero attached hydrogens (tertiary/aromatic N) is 1. The topological polar surface area (TPSA) is 26.0 Å². The van der Waals surface area contributed by atoms with E-state index in [2.05, 4.69) is 24.2 Å². The van der Waals surface area contributed by atoms with E-state index in [9.17, 15) is 0 Å². The van der Waals surface area contributed by atoms with Gasteiger partial charge in [-0.1, -0.05) is 22.9 Å². The van der Waals surface area contributed by atoms with Gasteiger partial charge >= 0.3 is 0 Å². The minimum absolute atomic E-state index is 0.947. The molecule has 1 aliphatic carbocycles. The van der Waals surface area contributed by atoms with Gasteiger partial charge in [0.05, 0.1) is 5.69 Å². The molecule has 1 aliphatic rings. The fraction of sp³-hybridized carbons (Fsp3) is 0.462. The van der Waals surface area contributed by atoms with Crippen molar-refractivity contribution >= 4 is 5.57 Å². The zero-order valence-electron chi connectivity index (χ0n) is 9.63. The van der Waals surface area contributed by atoms with Crippen molar-refractivity contribution in [1.82, 2.24) is 5.16 Å². The van der Waals surface area contributed by atoms with Crippen LogP contribution in [-0.4, -0.2) is 5.16 Å². The van der Waals surface area contributed by atoms with Crippen LogP contribution in [0.25, 0.3) is 5.57 Å². The van der Waals surface area contributed by atoms with E-state index in [0.29, 0.717) is 0 Å². The average molecular weight is 203 g/mol. The normalized spacial score (nSPS) is 19.4. The Labute approximate surface area is 90.7 Å². The van der Waals surface area contributed by atoms with E-state index in [-0.39, 0.29) is 0 Å². The molecule has 0 spiro atoms. The van der Waals surface area contributed by atoms with Crippen LogP contribution in [0, 0.1) is 13.8 Å². The van der Waals surface area contributed by atoms with Crippen LogP contribution in [0.2, 0.25) is 0 Å². The van der Waals surface area contributed by atoms with Crippen LogP contribution in [0.5, 0.6) is 0 Å². The number of aromatic nitrogens is 1. The lowest BCUT2D eigenvalue weighted by Gasteiger charge is -2.15. The Morgan fingerprint density at radius 1 is 1.33 bits per heavy atom. The summed E-state index contributed by atoms with van der Waals surface area (Å²) in [5.41, 5.74) is 5.18. The van der Waals surface area contributed by atoms with Gasteiger partial charge in [-0.05, 0) is 45.6 Å². The predicted molar refractivity (Wildman–Crippen MR) is 61.6 cm³/mol. The summed E-state index contributed by atoms with van der Waals surface area (Å²) in [6.07, 6.45) is 7.90. The van der Waals surface area contributed by atoms with Crippen LogP contribution in [-0.2, 0) is 0 Å². The summed E-state index contributed by atoms with van der Waals surface area (Å²) < 4.78 is 5.20. The molecule has 0 fully saturated rings. The van der Waals surface area contributed by atoms with Crippen LogP contribution < -0.4 is 0 Å². The average Bonchev–Trinajstić information content (AvgIpc) is 2.59. The lowest BCUT2D eigenvalue weighted by atomic mass is 9.89. The van der Waals surface area contributed by atoms with Gasteiger partial charge in [0.15, 0.2) is 0 Å². The minimum atomic E-state index is 0.947. The van der Waals surface area contributed by atoms with E-state index in [0.717, 1.165) is 24.3 Å². The molecule has 80 valence electrons. The standard InChI is InChI=1S/C13H17NO/c1-4-11-5-7-12(8-6-11)13-9(2)14-15-10(13)3/h4,7H,5-6,8H2,1-3H3. The van der Waals surface area contributed by atoms with Gasteiger partial charge < -0.3 is 4.52 Å². The number of allylic oxidation sites excluding steroid dienone is 4. The Hall–Kier alpha value is -1.31. The molecular formula is C13H17NO.